The van der Waals surface area contributed by atoms with Crippen LogP contribution in [0.4, 0.5) is 10.1 Å². The van der Waals surface area contributed by atoms with Crippen LogP contribution >= 0.6 is 0 Å². The molecule has 2 saturated heterocycles. The van der Waals surface area contributed by atoms with Gasteiger partial charge in [0.05, 0.1) is 25.2 Å². The lowest BCUT2D eigenvalue weighted by molar-refractivity contribution is -0.126. The zero-order valence-corrected chi connectivity index (χ0v) is 19.8. The van der Waals surface area contributed by atoms with Crippen molar-refractivity contribution in [3.05, 3.63) is 65.5 Å². The molecule has 0 saturated carbocycles. The second-order valence-electron chi connectivity index (χ2n) is 9.66. The molecular formula is C27H35FN4O2. The summed E-state index contributed by atoms with van der Waals surface area (Å²) in [6.07, 6.45) is 1.73. The van der Waals surface area contributed by atoms with Gasteiger partial charge in [-0.1, -0.05) is 30.3 Å². The number of hydrogen-bond donors (Lipinski definition) is 1. The Morgan fingerprint density at radius 3 is 2.62 bits per heavy atom. The second kappa shape index (κ2) is 10.8. The van der Waals surface area contributed by atoms with Crippen molar-refractivity contribution in [1.29, 1.82) is 0 Å². The van der Waals surface area contributed by atoms with Gasteiger partial charge in [0.25, 0.3) is 0 Å². The predicted molar refractivity (Wildman–Crippen MR) is 131 cm³/mol. The van der Waals surface area contributed by atoms with E-state index in [4.69, 9.17) is 4.74 Å². The number of nitrogens with zero attached hydrogens (tertiary/aromatic N) is 3. The van der Waals surface area contributed by atoms with Crippen molar-refractivity contribution in [1.82, 2.24) is 15.1 Å². The molecule has 7 heteroatoms. The summed E-state index contributed by atoms with van der Waals surface area (Å²) in [6, 6.07) is 15.4. The number of para-hydroxylation sites is 1. The van der Waals surface area contributed by atoms with Crippen molar-refractivity contribution in [2.75, 3.05) is 63.9 Å². The molecule has 2 fully saturated rings. The van der Waals surface area contributed by atoms with Gasteiger partial charge < -0.3 is 15.0 Å². The third-order valence-electron chi connectivity index (χ3n) is 7.42. The van der Waals surface area contributed by atoms with Crippen molar-refractivity contribution < 1.29 is 13.9 Å². The van der Waals surface area contributed by atoms with Gasteiger partial charge in [0.2, 0.25) is 5.91 Å². The summed E-state index contributed by atoms with van der Waals surface area (Å²) in [5.74, 6) is -0.118. The first-order chi connectivity index (χ1) is 16.7. The lowest BCUT2D eigenvalue weighted by atomic mass is 9.83. The van der Waals surface area contributed by atoms with Gasteiger partial charge in [0.1, 0.15) is 5.82 Å². The van der Waals surface area contributed by atoms with Gasteiger partial charge in [-0.15, -0.1) is 0 Å². The van der Waals surface area contributed by atoms with Gasteiger partial charge in [0.15, 0.2) is 0 Å². The maximum Gasteiger partial charge on any atom is 0.225 e. The van der Waals surface area contributed by atoms with Gasteiger partial charge in [-0.2, -0.15) is 0 Å². The lowest BCUT2D eigenvalue weighted by Gasteiger charge is -2.49. The van der Waals surface area contributed by atoms with Gasteiger partial charge in [0, 0.05) is 51.5 Å². The first-order valence-corrected chi connectivity index (χ1v) is 12.6. The molecule has 182 valence electrons. The van der Waals surface area contributed by atoms with Crippen LogP contribution in [0, 0.1) is 11.7 Å². The highest BCUT2D eigenvalue weighted by Crippen LogP contribution is 2.36. The van der Waals surface area contributed by atoms with E-state index >= 15 is 0 Å². The average molecular weight is 467 g/mol. The van der Waals surface area contributed by atoms with Crippen molar-refractivity contribution in [2.45, 2.75) is 25.4 Å². The van der Waals surface area contributed by atoms with E-state index in [0.29, 0.717) is 6.54 Å². The Kier molecular flexibility index (Phi) is 7.42. The Bertz CT molecular complexity index is 963. The number of anilines is 1. The summed E-state index contributed by atoms with van der Waals surface area (Å²) >= 11 is 0. The molecule has 0 aliphatic carbocycles. The minimum atomic E-state index is -0.206. The average Bonchev–Trinajstić information content (AvgIpc) is 2.88. The zero-order chi connectivity index (χ0) is 23.3. The van der Waals surface area contributed by atoms with Crippen LogP contribution in [-0.2, 0) is 22.5 Å². The smallest absolute Gasteiger partial charge is 0.225 e. The fourth-order valence-corrected chi connectivity index (χ4v) is 5.58. The Balaban J connectivity index is 1.23. The Morgan fingerprint density at radius 2 is 1.79 bits per heavy atom. The number of rotatable bonds is 7. The van der Waals surface area contributed by atoms with Crippen LogP contribution in [-0.4, -0.2) is 80.8 Å². The first-order valence-electron chi connectivity index (χ1n) is 12.6. The van der Waals surface area contributed by atoms with Gasteiger partial charge in [-0.3, -0.25) is 14.6 Å². The number of amides is 1. The molecule has 0 bridgehead atoms. The normalized spacial score (nSPS) is 23.3. The first kappa shape index (κ1) is 23.3. The van der Waals surface area contributed by atoms with E-state index in [1.807, 2.05) is 12.1 Å². The Morgan fingerprint density at radius 1 is 1.00 bits per heavy atom. The van der Waals surface area contributed by atoms with Crippen LogP contribution in [0.1, 0.15) is 17.5 Å². The molecule has 2 aromatic rings. The zero-order valence-electron chi connectivity index (χ0n) is 19.8. The van der Waals surface area contributed by atoms with Crippen LogP contribution < -0.4 is 10.2 Å². The Labute approximate surface area is 201 Å². The Hall–Kier alpha value is -2.48. The van der Waals surface area contributed by atoms with Crippen LogP contribution in [0.25, 0.3) is 0 Å². The molecule has 2 atom stereocenters. The number of carbonyl (C=O) groups is 1. The van der Waals surface area contributed by atoms with Gasteiger partial charge in [-0.25, -0.2) is 4.39 Å². The van der Waals surface area contributed by atoms with E-state index < -0.39 is 0 Å². The van der Waals surface area contributed by atoms with Gasteiger partial charge in [-0.05, 0) is 48.7 Å². The molecule has 1 N–H and O–H groups in total. The molecule has 3 heterocycles. The van der Waals surface area contributed by atoms with E-state index in [-0.39, 0.29) is 23.7 Å². The van der Waals surface area contributed by atoms with E-state index in [2.05, 4.69) is 44.3 Å². The highest BCUT2D eigenvalue weighted by Gasteiger charge is 2.41. The molecule has 5 rings (SSSR count). The summed E-state index contributed by atoms with van der Waals surface area (Å²) in [4.78, 5) is 20.6. The maximum atomic E-state index is 13.4. The number of hydrogen-bond acceptors (Lipinski definition) is 5. The summed E-state index contributed by atoms with van der Waals surface area (Å²) < 4.78 is 18.7. The number of morpholine rings is 1. The standard InChI is InChI=1S/C27H35FN4O2/c28-23-8-6-21(7-9-23)19-31-12-13-32-25-5-2-1-4-22(25)18-24(26(32)20-31)27(33)29-10-3-11-30-14-16-34-17-15-30/h1-2,4-9,24,26H,3,10-20H2,(H,29,33)/t24-,26-/m1/s1. The van der Waals surface area contributed by atoms with E-state index in [1.54, 1.807) is 0 Å². The maximum absolute atomic E-state index is 13.4. The summed E-state index contributed by atoms with van der Waals surface area (Å²) in [5.41, 5.74) is 3.64. The largest absolute Gasteiger partial charge is 0.379 e. The predicted octanol–water partition coefficient (Wildman–Crippen LogP) is 2.53. The molecular weight excluding hydrogens is 431 g/mol. The highest BCUT2D eigenvalue weighted by atomic mass is 19.1. The number of benzene rings is 2. The molecule has 2 aromatic carbocycles. The number of carbonyl (C=O) groups excluding carboxylic acids is 1. The number of fused-ring (bicyclic) bond motifs is 3. The van der Waals surface area contributed by atoms with E-state index in [9.17, 15) is 9.18 Å². The molecule has 0 radical (unpaired) electrons. The third kappa shape index (κ3) is 5.43. The SMILES string of the molecule is O=C(NCCCN1CCOCC1)[C@@H]1Cc2ccccc2N2CCN(Cc3ccc(F)cc3)C[C@H]12. The van der Waals surface area contributed by atoms with E-state index in [1.165, 1.54) is 23.4 Å². The molecule has 3 aliphatic rings. The van der Waals surface area contributed by atoms with Crippen molar-refractivity contribution >= 4 is 11.6 Å². The lowest BCUT2D eigenvalue weighted by Crippen LogP contribution is -2.61. The van der Waals surface area contributed by atoms with Gasteiger partial charge >= 0.3 is 0 Å². The van der Waals surface area contributed by atoms with E-state index in [0.717, 1.165) is 77.4 Å². The topological polar surface area (TPSA) is 48.1 Å². The van der Waals surface area contributed by atoms with Crippen LogP contribution in [0.5, 0.6) is 0 Å². The molecule has 0 aromatic heterocycles. The number of piperazine rings is 1. The third-order valence-corrected chi connectivity index (χ3v) is 7.42. The van der Waals surface area contributed by atoms with Crippen molar-refractivity contribution in [3.63, 3.8) is 0 Å². The summed E-state index contributed by atoms with van der Waals surface area (Å²) in [7, 11) is 0. The monoisotopic (exact) mass is 466 g/mol. The molecule has 34 heavy (non-hydrogen) atoms. The number of halogens is 1. The number of nitrogens with one attached hydrogen (secondary N) is 1. The minimum Gasteiger partial charge on any atom is -0.379 e. The van der Waals surface area contributed by atoms with Crippen molar-refractivity contribution in [3.8, 4) is 0 Å². The molecule has 6 nitrogen and oxygen atoms in total. The fourth-order valence-electron chi connectivity index (χ4n) is 5.58. The minimum absolute atomic E-state index is 0.0747. The molecule has 0 unspecified atom stereocenters. The molecule has 1 amide bonds. The summed E-state index contributed by atoms with van der Waals surface area (Å²) in [6.45, 7) is 8.71. The number of ether oxygens (including phenoxy) is 1. The second-order valence-corrected chi connectivity index (χ2v) is 9.66. The summed E-state index contributed by atoms with van der Waals surface area (Å²) in [5, 5.41) is 3.24. The fraction of sp³-hybridized carbons (Fsp3) is 0.519. The van der Waals surface area contributed by atoms with Crippen LogP contribution in [0.2, 0.25) is 0 Å². The van der Waals surface area contributed by atoms with Crippen LogP contribution in [0.3, 0.4) is 0 Å². The highest BCUT2D eigenvalue weighted by molar-refractivity contribution is 5.82. The van der Waals surface area contributed by atoms with Crippen molar-refractivity contribution in [2.24, 2.45) is 5.92 Å². The molecule has 0 spiro atoms. The van der Waals surface area contributed by atoms with Crippen LogP contribution in [0.15, 0.2) is 48.5 Å². The molecule has 3 aliphatic heterocycles. The quantitative estimate of drug-likeness (QED) is 0.636.